The number of ether oxygens (including phenoxy) is 1. The quantitative estimate of drug-likeness (QED) is 0.499. The highest BCUT2D eigenvalue weighted by Crippen LogP contribution is 2.35. The van der Waals surface area contributed by atoms with Gasteiger partial charge in [0.1, 0.15) is 6.10 Å². The molecule has 5 heteroatoms. The van der Waals surface area contributed by atoms with E-state index < -0.39 is 0 Å². The van der Waals surface area contributed by atoms with Gasteiger partial charge in [0.15, 0.2) is 17.6 Å². The van der Waals surface area contributed by atoms with Gasteiger partial charge in [-0.25, -0.2) is 13.9 Å². The largest absolute Gasteiger partial charge is 0.459 e. The summed E-state index contributed by atoms with van der Waals surface area (Å²) in [5.41, 5.74) is 2.20. The van der Waals surface area contributed by atoms with Gasteiger partial charge in [0.2, 0.25) is 0 Å². The van der Waals surface area contributed by atoms with Crippen molar-refractivity contribution in [2.45, 2.75) is 66.0 Å². The molecule has 148 valence electrons. The minimum atomic E-state index is -0.119. The Morgan fingerprint density at radius 3 is 2.78 bits per heavy atom. The summed E-state index contributed by atoms with van der Waals surface area (Å²) >= 11 is 3.56. The van der Waals surface area contributed by atoms with Crippen molar-refractivity contribution in [2.75, 3.05) is 0 Å². The van der Waals surface area contributed by atoms with Crippen LogP contribution in [0.15, 0.2) is 22.7 Å². The molecule has 1 fully saturated rings. The average Bonchev–Trinajstić information content (AvgIpc) is 2.85. The second kappa shape index (κ2) is 8.34. The number of hydrogen-bond acceptors (Lipinski definition) is 2. The Labute approximate surface area is 171 Å². The fourth-order valence-electron chi connectivity index (χ4n) is 4.65. The zero-order chi connectivity index (χ0) is 19.7. The van der Waals surface area contributed by atoms with E-state index in [0.717, 1.165) is 40.6 Å². The van der Waals surface area contributed by atoms with Crippen LogP contribution in [0, 0.1) is 17.8 Å². The molecule has 4 nitrogen and oxygen atoms in total. The number of imidazole rings is 1. The average molecular weight is 436 g/mol. The molecule has 1 aromatic carbocycles. The van der Waals surface area contributed by atoms with Gasteiger partial charge in [-0.3, -0.25) is 0 Å². The summed E-state index contributed by atoms with van der Waals surface area (Å²) in [5, 5.41) is 0. The van der Waals surface area contributed by atoms with E-state index in [0.29, 0.717) is 17.8 Å². The van der Waals surface area contributed by atoms with E-state index in [9.17, 15) is 4.79 Å². The maximum absolute atomic E-state index is 12.9. The van der Waals surface area contributed by atoms with E-state index in [4.69, 9.17) is 4.74 Å². The van der Waals surface area contributed by atoms with Crippen molar-refractivity contribution in [2.24, 2.45) is 24.8 Å². The molecule has 27 heavy (non-hydrogen) atoms. The number of fused-ring (bicyclic) bond motifs is 1. The first-order chi connectivity index (χ1) is 12.8. The molecule has 0 amide bonds. The first-order valence-corrected chi connectivity index (χ1v) is 11.0. The van der Waals surface area contributed by atoms with Crippen molar-refractivity contribution < 1.29 is 14.1 Å². The molecule has 1 heterocycles. The van der Waals surface area contributed by atoms with Crippen LogP contribution in [0.2, 0.25) is 0 Å². The van der Waals surface area contributed by atoms with Gasteiger partial charge in [0, 0.05) is 17.0 Å². The molecule has 1 saturated carbocycles. The molecule has 0 radical (unpaired) electrons. The number of halogens is 1. The normalized spacial score (nSPS) is 23.1. The summed E-state index contributed by atoms with van der Waals surface area (Å²) in [5.74, 6) is 2.67. The highest BCUT2D eigenvalue weighted by atomic mass is 79.9. The molecule has 0 N–H and O–H groups in total. The number of rotatable bonds is 5. The summed E-state index contributed by atoms with van der Waals surface area (Å²) in [6.45, 7) is 9.15. The first-order valence-electron chi connectivity index (χ1n) is 10.2. The van der Waals surface area contributed by atoms with Gasteiger partial charge >= 0.3 is 5.97 Å². The van der Waals surface area contributed by atoms with E-state index in [-0.39, 0.29) is 18.6 Å². The Morgan fingerprint density at radius 2 is 2.11 bits per heavy atom. The SMILES string of the molecule is CCc1n(CC(=O)O[C@@H]2C[C@H](C)CC[C@H]2C(C)C)c2cc(Br)ccc2[n+]1C. The Kier molecular flexibility index (Phi) is 6.29. The van der Waals surface area contributed by atoms with Crippen molar-refractivity contribution in [1.82, 2.24) is 4.57 Å². The van der Waals surface area contributed by atoms with Crippen LogP contribution >= 0.6 is 15.9 Å². The summed E-state index contributed by atoms with van der Waals surface area (Å²) in [6.07, 6.45) is 4.30. The van der Waals surface area contributed by atoms with Gasteiger partial charge in [0.25, 0.3) is 5.82 Å². The lowest BCUT2D eigenvalue weighted by molar-refractivity contribution is -0.653. The van der Waals surface area contributed by atoms with Crippen LogP contribution in [0.3, 0.4) is 0 Å². The number of nitrogens with zero attached hydrogens (tertiary/aromatic N) is 2. The van der Waals surface area contributed by atoms with Gasteiger partial charge in [-0.1, -0.05) is 50.0 Å². The van der Waals surface area contributed by atoms with Crippen molar-refractivity contribution in [3.8, 4) is 0 Å². The Hall–Kier alpha value is -1.36. The maximum Gasteiger partial charge on any atom is 0.348 e. The second-order valence-corrected chi connectivity index (χ2v) is 9.32. The van der Waals surface area contributed by atoms with Gasteiger partial charge in [-0.15, -0.1) is 0 Å². The third-order valence-electron chi connectivity index (χ3n) is 6.14. The predicted molar refractivity (Wildman–Crippen MR) is 111 cm³/mol. The fraction of sp³-hybridized carbons (Fsp3) is 0.636. The molecule has 2 aromatic rings. The summed E-state index contributed by atoms with van der Waals surface area (Å²) in [7, 11) is 2.06. The van der Waals surface area contributed by atoms with Gasteiger partial charge in [-0.05, 0) is 42.7 Å². The van der Waals surface area contributed by atoms with Gasteiger partial charge in [0.05, 0.1) is 7.05 Å². The van der Waals surface area contributed by atoms with E-state index in [1.807, 2.05) is 6.07 Å². The molecule has 0 spiro atoms. The lowest BCUT2D eigenvalue weighted by Gasteiger charge is -2.36. The lowest BCUT2D eigenvalue weighted by atomic mass is 9.75. The number of aromatic nitrogens is 2. The van der Waals surface area contributed by atoms with Crippen LogP contribution < -0.4 is 4.57 Å². The number of benzene rings is 1. The van der Waals surface area contributed by atoms with E-state index >= 15 is 0 Å². The molecule has 0 bridgehead atoms. The maximum atomic E-state index is 12.9. The van der Waals surface area contributed by atoms with Crippen molar-refractivity contribution in [3.05, 3.63) is 28.5 Å². The number of hydrogen-bond donors (Lipinski definition) is 0. The van der Waals surface area contributed by atoms with Crippen LogP contribution in [0.25, 0.3) is 11.0 Å². The monoisotopic (exact) mass is 435 g/mol. The van der Waals surface area contributed by atoms with Crippen LogP contribution in [-0.4, -0.2) is 16.6 Å². The first kappa shape index (κ1) is 20.4. The molecular weight excluding hydrogens is 404 g/mol. The molecule has 0 saturated heterocycles. The second-order valence-electron chi connectivity index (χ2n) is 8.40. The van der Waals surface area contributed by atoms with E-state index in [2.05, 4.69) is 71.9 Å². The number of aryl methyl sites for hydroxylation is 1. The molecule has 0 unspecified atom stereocenters. The Balaban J connectivity index is 1.84. The third kappa shape index (κ3) is 4.23. The topological polar surface area (TPSA) is 35.1 Å². The molecular formula is C22H32BrN2O2+. The lowest BCUT2D eigenvalue weighted by Crippen LogP contribution is -2.37. The van der Waals surface area contributed by atoms with E-state index in [1.54, 1.807) is 0 Å². The minimum Gasteiger partial charge on any atom is -0.459 e. The highest BCUT2D eigenvalue weighted by molar-refractivity contribution is 9.10. The van der Waals surface area contributed by atoms with Crippen LogP contribution in [0.1, 0.15) is 52.8 Å². The molecule has 3 atom stereocenters. The van der Waals surface area contributed by atoms with Crippen molar-refractivity contribution in [1.29, 1.82) is 0 Å². The van der Waals surface area contributed by atoms with Crippen LogP contribution in [-0.2, 0) is 29.5 Å². The smallest absolute Gasteiger partial charge is 0.348 e. The van der Waals surface area contributed by atoms with Crippen molar-refractivity contribution >= 4 is 32.9 Å². The van der Waals surface area contributed by atoms with Gasteiger partial charge < -0.3 is 4.74 Å². The Morgan fingerprint density at radius 1 is 1.37 bits per heavy atom. The molecule has 3 rings (SSSR count). The third-order valence-corrected chi connectivity index (χ3v) is 6.63. The number of carbonyl (C=O) groups excluding carboxylic acids is 1. The highest BCUT2D eigenvalue weighted by Gasteiger charge is 2.34. The fourth-order valence-corrected chi connectivity index (χ4v) is 4.99. The standard InChI is InChI=1S/C22H32BrN2O2/c1-6-21-24(5)18-10-8-16(23)12-19(18)25(21)13-22(26)27-20-11-15(4)7-9-17(20)14(2)3/h8,10,12,14-15,17,20H,6-7,9,11,13H2,1-5H3/q+1/t15-,17+,20-/m1/s1. The van der Waals surface area contributed by atoms with Crippen LogP contribution in [0.5, 0.6) is 0 Å². The summed E-state index contributed by atoms with van der Waals surface area (Å²) in [6, 6.07) is 6.22. The summed E-state index contributed by atoms with van der Waals surface area (Å²) in [4.78, 5) is 12.9. The zero-order valence-electron chi connectivity index (χ0n) is 17.2. The van der Waals surface area contributed by atoms with Crippen molar-refractivity contribution in [3.63, 3.8) is 0 Å². The molecule has 0 aliphatic heterocycles. The number of esters is 1. The zero-order valence-corrected chi connectivity index (χ0v) is 18.8. The predicted octanol–water partition coefficient (Wildman–Crippen LogP) is 4.79. The Bertz CT molecular complexity index is 827. The molecule has 1 aliphatic rings. The van der Waals surface area contributed by atoms with Gasteiger partial charge in [-0.2, -0.15) is 0 Å². The van der Waals surface area contributed by atoms with Crippen LogP contribution in [0.4, 0.5) is 0 Å². The minimum absolute atomic E-state index is 0.0497. The van der Waals surface area contributed by atoms with E-state index in [1.165, 1.54) is 6.42 Å². The molecule has 1 aliphatic carbocycles. The number of carbonyl (C=O) groups is 1. The molecule has 1 aromatic heterocycles. The summed E-state index contributed by atoms with van der Waals surface area (Å²) < 4.78 is 11.4.